The van der Waals surface area contributed by atoms with Crippen LogP contribution in [0.1, 0.15) is 17.5 Å². The molecule has 5 heteroatoms. The summed E-state index contributed by atoms with van der Waals surface area (Å²) in [5.41, 5.74) is 7.09. The van der Waals surface area contributed by atoms with Gasteiger partial charge in [-0.25, -0.2) is 0 Å². The average molecular weight is 319 g/mol. The lowest BCUT2D eigenvalue weighted by molar-refractivity contribution is 0.300. The third-order valence-electron chi connectivity index (χ3n) is 2.93. The molecule has 2 aromatic carbocycles. The lowest BCUT2D eigenvalue weighted by Gasteiger charge is -2.08. The van der Waals surface area contributed by atoms with E-state index in [4.69, 9.17) is 20.5 Å². The predicted octanol–water partition coefficient (Wildman–Crippen LogP) is 3.29. The molecular weight excluding hydrogens is 300 g/mol. The zero-order valence-corrected chi connectivity index (χ0v) is 13.0. The molecule has 0 aliphatic rings. The molecule has 0 radical (unpaired) electrons. The number of halogens is 1. The van der Waals surface area contributed by atoms with Gasteiger partial charge in [0.15, 0.2) is 0 Å². The number of nitriles is 1. The van der Waals surface area contributed by atoms with Crippen molar-refractivity contribution in [1.29, 1.82) is 5.26 Å². The standard InChI is InChI=1S/C17H18N2O2.ClH/c18-10-1-11-20-16-6-8-17(9-7-16)21-13-15-4-2-14(12-19)3-5-15;/h2-9H,1,10-11,13,18H2;1H. The lowest BCUT2D eigenvalue weighted by Crippen LogP contribution is -2.06. The number of ether oxygens (including phenoxy) is 2. The van der Waals surface area contributed by atoms with Gasteiger partial charge >= 0.3 is 0 Å². The molecule has 0 heterocycles. The smallest absolute Gasteiger partial charge is 0.120 e. The molecule has 116 valence electrons. The van der Waals surface area contributed by atoms with Crippen molar-refractivity contribution in [2.75, 3.05) is 13.2 Å². The van der Waals surface area contributed by atoms with Gasteiger partial charge in [-0.2, -0.15) is 5.26 Å². The van der Waals surface area contributed by atoms with Crippen LogP contribution in [0.5, 0.6) is 11.5 Å². The van der Waals surface area contributed by atoms with Crippen LogP contribution >= 0.6 is 12.4 Å². The number of hydrogen-bond acceptors (Lipinski definition) is 4. The largest absolute Gasteiger partial charge is 0.494 e. The van der Waals surface area contributed by atoms with E-state index < -0.39 is 0 Å². The summed E-state index contributed by atoms with van der Waals surface area (Å²) < 4.78 is 11.2. The molecule has 2 N–H and O–H groups in total. The van der Waals surface area contributed by atoms with Crippen LogP contribution < -0.4 is 15.2 Å². The van der Waals surface area contributed by atoms with Crippen LogP contribution in [0.3, 0.4) is 0 Å². The summed E-state index contributed by atoms with van der Waals surface area (Å²) in [4.78, 5) is 0. The number of hydrogen-bond donors (Lipinski definition) is 1. The van der Waals surface area contributed by atoms with Crippen molar-refractivity contribution in [1.82, 2.24) is 0 Å². The summed E-state index contributed by atoms with van der Waals surface area (Å²) >= 11 is 0. The van der Waals surface area contributed by atoms with Gasteiger partial charge in [-0.05, 0) is 54.9 Å². The Balaban J connectivity index is 0.00000242. The van der Waals surface area contributed by atoms with E-state index in [2.05, 4.69) is 6.07 Å². The third-order valence-corrected chi connectivity index (χ3v) is 2.93. The predicted molar refractivity (Wildman–Crippen MR) is 88.3 cm³/mol. The van der Waals surface area contributed by atoms with E-state index in [0.717, 1.165) is 23.5 Å². The zero-order chi connectivity index (χ0) is 14.9. The fourth-order valence-electron chi connectivity index (χ4n) is 1.75. The van der Waals surface area contributed by atoms with Crippen LogP contribution in [0.2, 0.25) is 0 Å². The Labute approximate surface area is 136 Å². The molecule has 0 bridgehead atoms. The Hall–Kier alpha value is -2.22. The summed E-state index contributed by atoms with van der Waals surface area (Å²) in [5.74, 6) is 1.60. The Morgan fingerprint density at radius 1 is 0.909 bits per heavy atom. The first-order valence-electron chi connectivity index (χ1n) is 6.86. The molecule has 0 spiro atoms. The van der Waals surface area contributed by atoms with E-state index >= 15 is 0 Å². The van der Waals surface area contributed by atoms with Crippen LogP contribution in [0.4, 0.5) is 0 Å². The molecule has 0 aliphatic heterocycles. The fourth-order valence-corrected chi connectivity index (χ4v) is 1.75. The molecule has 0 atom stereocenters. The summed E-state index contributed by atoms with van der Waals surface area (Å²) in [5, 5.41) is 8.74. The number of benzene rings is 2. The van der Waals surface area contributed by atoms with E-state index in [1.807, 2.05) is 36.4 Å². The summed E-state index contributed by atoms with van der Waals surface area (Å²) in [6, 6.07) is 17.0. The highest BCUT2D eigenvalue weighted by atomic mass is 35.5. The molecule has 2 rings (SSSR count). The van der Waals surface area contributed by atoms with E-state index in [0.29, 0.717) is 25.3 Å². The first-order chi connectivity index (χ1) is 10.3. The molecular formula is C17H19ClN2O2. The molecule has 0 aromatic heterocycles. The van der Waals surface area contributed by atoms with Crippen molar-refractivity contribution >= 4 is 12.4 Å². The first kappa shape index (κ1) is 17.8. The minimum atomic E-state index is 0. The van der Waals surface area contributed by atoms with E-state index in [-0.39, 0.29) is 12.4 Å². The molecule has 22 heavy (non-hydrogen) atoms. The highest BCUT2D eigenvalue weighted by molar-refractivity contribution is 5.85. The molecule has 0 amide bonds. The highest BCUT2D eigenvalue weighted by Gasteiger charge is 1.98. The second-order valence-electron chi connectivity index (χ2n) is 4.56. The lowest BCUT2D eigenvalue weighted by atomic mass is 10.2. The summed E-state index contributed by atoms with van der Waals surface area (Å²) in [7, 11) is 0. The fraction of sp³-hybridized carbons (Fsp3) is 0.235. The van der Waals surface area contributed by atoms with Crippen LogP contribution in [0.15, 0.2) is 48.5 Å². The highest BCUT2D eigenvalue weighted by Crippen LogP contribution is 2.19. The quantitative estimate of drug-likeness (QED) is 0.795. The summed E-state index contributed by atoms with van der Waals surface area (Å²) in [6.45, 7) is 1.73. The maximum Gasteiger partial charge on any atom is 0.120 e. The van der Waals surface area contributed by atoms with Crippen LogP contribution in [0.25, 0.3) is 0 Å². The maximum atomic E-state index is 8.74. The topological polar surface area (TPSA) is 68.3 Å². The Kier molecular flexibility index (Phi) is 7.84. The zero-order valence-electron chi connectivity index (χ0n) is 12.2. The third kappa shape index (κ3) is 5.65. The van der Waals surface area contributed by atoms with Crippen molar-refractivity contribution in [2.24, 2.45) is 5.73 Å². The maximum absolute atomic E-state index is 8.74. The van der Waals surface area contributed by atoms with Crippen molar-refractivity contribution in [2.45, 2.75) is 13.0 Å². The van der Waals surface area contributed by atoms with E-state index in [1.54, 1.807) is 12.1 Å². The molecule has 4 nitrogen and oxygen atoms in total. The van der Waals surface area contributed by atoms with Gasteiger partial charge in [-0.3, -0.25) is 0 Å². The monoisotopic (exact) mass is 318 g/mol. The van der Waals surface area contributed by atoms with Crippen LogP contribution in [-0.2, 0) is 6.61 Å². The van der Waals surface area contributed by atoms with Crippen molar-refractivity contribution in [3.63, 3.8) is 0 Å². The van der Waals surface area contributed by atoms with Gasteiger partial charge in [-0.15, -0.1) is 12.4 Å². The van der Waals surface area contributed by atoms with Gasteiger partial charge in [0.1, 0.15) is 18.1 Å². The second kappa shape index (κ2) is 9.67. The normalized spacial score (nSPS) is 9.45. The molecule has 2 aromatic rings. The molecule has 0 saturated carbocycles. The van der Waals surface area contributed by atoms with Crippen LogP contribution in [0, 0.1) is 11.3 Å². The minimum Gasteiger partial charge on any atom is -0.494 e. The van der Waals surface area contributed by atoms with Crippen molar-refractivity contribution in [3.05, 3.63) is 59.7 Å². The van der Waals surface area contributed by atoms with E-state index in [1.165, 1.54) is 0 Å². The number of rotatable bonds is 7. The minimum absolute atomic E-state index is 0. The van der Waals surface area contributed by atoms with Gasteiger partial charge in [0.2, 0.25) is 0 Å². The summed E-state index contributed by atoms with van der Waals surface area (Å²) in [6.07, 6.45) is 0.844. The van der Waals surface area contributed by atoms with Gasteiger partial charge in [0, 0.05) is 0 Å². The van der Waals surface area contributed by atoms with Gasteiger partial charge < -0.3 is 15.2 Å². The molecule has 0 unspecified atom stereocenters. The van der Waals surface area contributed by atoms with Gasteiger partial charge in [0.25, 0.3) is 0 Å². The Bertz CT molecular complexity index is 592. The van der Waals surface area contributed by atoms with Crippen molar-refractivity contribution in [3.8, 4) is 17.6 Å². The van der Waals surface area contributed by atoms with Crippen molar-refractivity contribution < 1.29 is 9.47 Å². The van der Waals surface area contributed by atoms with Gasteiger partial charge in [-0.1, -0.05) is 12.1 Å². The van der Waals surface area contributed by atoms with Gasteiger partial charge in [0.05, 0.1) is 18.2 Å². The molecule has 0 fully saturated rings. The number of nitrogens with two attached hydrogens (primary N) is 1. The Morgan fingerprint density at radius 3 is 2.05 bits per heavy atom. The molecule has 0 saturated heterocycles. The second-order valence-corrected chi connectivity index (χ2v) is 4.56. The number of nitrogens with zero attached hydrogens (tertiary/aromatic N) is 1. The Morgan fingerprint density at radius 2 is 1.50 bits per heavy atom. The SMILES string of the molecule is Cl.N#Cc1ccc(COc2ccc(OCCCN)cc2)cc1. The molecule has 0 aliphatic carbocycles. The average Bonchev–Trinajstić information content (AvgIpc) is 2.55. The van der Waals surface area contributed by atoms with Crippen LogP contribution in [-0.4, -0.2) is 13.2 Å². The first-order valence-corrected chi connectivity index (χ1v) is 6.86. The van der Waals surface area contributed by atoms with E-state index in [9.17, 15) is 0 Å².